The smallest absolute Gasteiger partial charge is 0.137 e. The molecule has 250 valence electrons. The molecule has 1 heterocycles. The molecule has 1 unspecified atom stereocenters. The first-order valence-electron chi connectivity index (χ1n) is 16.2. The van der Waals surface area contributed by atoms with Crippen molar-refractivity contribution in [3.63, 3.8) is 0 Å². The summed E-state index contributed by atoms with van der Waals surface area (Å²) in [5.74, 6) is 1.90. The first-order valence-corrected chi connectivity index (χ1v) is 17.5. The van der Waals surface area contributed by atoms with E-state index in [1.165, 1.54) is 35.1 Å². The van der Waals surface area contributed by atoms with Crippen molar-refractivity contribution in [2.75, 3.05) is 53.6 Å². The molecule has 0 aliphatic carbocycles. The summed E-state index contributed by atoms with van der Waals surface area (Å²) in [6, 6.07) is 4.94. The van der Waals surface area contributed by atoms with Gasteiger partial charge in [0.1, 0.15) is 11.6 Å². The summed E-state index contributed by atoms with van der Waals surface area (Å²) in [6.07, 6.45) is 12.8. The van der Waals surface area contributed by atoms with Gasteiger partial charge in [-0.1, -0.05) is 65.5 Å². The second kappa shape index (κ2) is 26.9. The van der Waals surface area contributed by atoms with E-state index in [1.807, 2.05) is 47.0 Å². The molecule has 1 aromatic carbocycles. The number of hydrogen-bond acceptors (Lipinski definition) is 6. The molecule has 1 aromatic rings. The number of methoxy groups -OCH3 is 1. The molecule has 6 nitrogen and oxygen atoms in total. The van der Waals surface area contributed by atoms with Crippen LogP contribution in [-0.4, -0.2) is 92.5 Å². The summed E-state index contributed by atoms with van der Waals surface area (Å²) < 4.78 is 5.28. The Morgan fingerprint density at radius 1 is 1.14 bits per heavy atom. The van der Waals surface area contributed by atoms with Gasteiger partial charge in [-0.25, -0.2) is 4.99 Å². The number of piperidine rings is 1. The van der Waals surface area contributed by atoms with Crippen LogP contribution in [0.3, 0.4) is 0 Å². The van der Waals surface area contributed by atoms with Gasteiger partial charge in [0.2, 0.25) is 0 Å². The van der Waals surface area contributed by atoms with E-state index >= 15 is 0 Å². The Hall–Kier alpha value is -2.48. The van der Waals surface area contributed by atoms with Crippen molar-refractivity contribution in [1.82, 2.24) is 9.80 Å². The number of likely N-dealkylation sites (N-methyl/N-ethyl adjacent to an activating group) is 1. The normalized spacial score (nSPS) is 15.4. The molecular formula is C37H65N5OS. The van der Waals surface area contributed by atoms with Crippen LogP contribution in [0.15, 0.2) is 64.2 Å². The fourth-order valence-corrected chi connectivity index (χ4v) is 5.19. The molecule has 0 bridgehead atoms. The Morgan fingerprint density at radius 3 is 2.14 bits per heavy atom. The van der Waals surface area contributed by atoms with Crippen molar-refractivity contribution < 1.29 is 4.74 Å². The minimum atomic E-state index is 0.329. The summed E-state index contributed by atoms with van der Waals surface area (Å²) >= 11 is 1.77. The Labute approximate surface area is 276 Å². The molecule has 0 amide bonds. The van der Waals surface area contributed by atoms with Gasteiger partial charge < -0.3 is 4.74 Å². The predicted octanol–water partition coefficient (Wildman–Crippen LogP) is 8.88. The van der Waals surface area contributed by atoms with Crippen molar-refractivity contribution in [1.29, 1.82) is 0 Å². The van der Waals surface area contributed by atoms with E-state index in [1.54, 1.807) is 25.1 Å². The molecule has 0 spiro atoms. The maximum Gasteiger partial charge on any atom is 0.137 e. The lowest BCUT2D eigenvalue weighted by Crippen LogP contribution is -2.45. The lowest BCUT2D eigenvalue weighted by atomic mass is 10.0. The Balaban J connectivity index is 0. The van der Waals surface area contributed by atoms with E-state index < -0.39 is 0 Å². The van der Waals surface area contributed by atoms with E-state index in [0.29, 0.717) is 11.3 Å². The molecule has 0 aromatic heterocycles. The van der Waals surface area contributed by atoms with E-state index in [9.17, 15) is 0 Å². The average Bonchev–Trinajstić information content (AvgIpc) is 3.05. The average molecular weight is 628 g/mol. The zero-order valence-electron chi connectivity index (χ0n) is 30.5. The second-order valence-corrected chi connectivity index (χ2v) is 11.5. The Morgan fingerprint density at radius 2 is 1.70 bits per heavy atom. The number of allylic oxidation sites excluding steroid dienone is 2. The lowest BCUT2D eigenvalue weighted by molar-refractivity contribution is 0.145. The minimum Gasteiger partial charge on any atom is -0.496 e. The zero-order chi connectivity index (χ0) is 34.1. The highest BCUT2D eigenvalue weighted by Gasteiger charge is 2.23. The molecule has 1 aliphatic rings. The number of thioether (sulfide) groups is 1. The third kappa shape index (κ3) is 17.1. The van der Waals surface area contributed by atoms with E-state index in [0.717, 1.165) is 49.9 Å². The summed E-state index contributed by atoms with van der Waals surface area (Å²) in [5.41, 5.74) is 6.17. The number of aliphatic imine (C=N–C) groups is 3. The van der Waals surface area contributed by atoms with Gasteiger partial charge in [-0.05, 0) is 102 Å². The lowest BCUT2D eigenvalue weighted by Gasteiger charge is -2.36. The van der Waals surface area contributed by atoms with Gasteiger partial charge >= 0.3 is 0 Å². The number of amidine groups is 1. The van der Waals surface area contributed by atoms with E-state index in [4.69, 9.17) is 9.73 Å². The third-order valence-corrected chi connectivity index (χ3v) is 8.17. The maximum atomic E-state index is 5.28. The van der Waals surface area contributed by atoms with E-state index in [2.05, 4.69) is 99.1 Å². The molecular weight excluding hydrogens is 563 g/mol. The minimum absolute atomic E-state index is 0.329. The van der Waals surface area contributed by atoms with E-state index in [-0.39, 0.29) is 0 Å². The van der Waals surface area contributed by atoms with Crippen LogP contribution < -0.4 is 4.74 Å². The van der Waals surface area contributed by atoms with Crippen LogP contribution in [0.4, 0.5) is 0 Å². The molecule has 0 N–H and O–H groups in total. The van der Waals surface area contributed by atoms with Gasteiger partial charge in [-0.2, -0.15) is 11.8 Å². The number of aryl methyl sites for hydroxylation is 3. The third-order valence-electron chi connectivity index (χ3n) is 7.22. The van der Waals surface area contributed by atoms with Crippen LogP contribution in [-0.2, 0) is 6.42 Å². The Kier molecular flexibility index (Phi) is 26.7. The summed E-state index contributed by atoms with van der Waals surface area (Å²) in [6.45, 7) is 30.1. The number of rotatable bonds is 12. The molecule has 1 aliphatic heterocycles. The van der Waals surface area contributed by atoms with Crippen LogP contribution in [0, 0.1) is 13.8 Å². The molecule has 2 rings (SSSR count). The fourth-order valence-electron chi connectivity index (χ4n) is 4.80. The number of likely N-dealkylation sites (tertiary alicyclic amines) is 1. The molecule has 1 saturated heterocycles. The quantitative estimate of drug-likeness (QED) is 0.172. The number of benzene rings is 1. The predicted molar refractivity (Wildman–Crippen MR) is 203 cm³/mol. The van der Waals surface area contributed by atoms with Crippen molar-refractivity contribution >= 4 is 29.5 Å². The van der Waals surface area contributed by atoms with Gasteiger partial charge in [0.05, 0.1) is 19.4 Å². The maximum absolute atomic E-state index is 5.28. The second-order valence-electron chi connectivity index (χ2n) is 10.3. The van der Waals surface area contributed by atoms with Crippen LogP contribution in [0.25, 0.3) is 0 Å². The number of hydrogen-bond donors (Lipinski definition) is 0. The van der Waals surface area contributed by atoms with Gasteiger partial charge in [0.15, 0.2) is 0 Å². The zero-order valence-corrected chi connectivity index (χ0v) is 31.4. The SMILES string of the molecule is C=CN=C/C=C(\C)CN1CCC(N(C)CC(=NC)N=C(C=C)C(C)SC)CC1.CC.CC.CCc1cc(C)c(OC)c(C)c1. The summed E-state index contributed by atoms with van der Waals surface area (Å²) in [5, 5.41) is 0.329. The first-order chi connectivity index (χ1) is 21.1. The summed E-state index contributed by atoms with van der Waals surface area (Å²) in [4.78, 5) is 18.1. The topological polar surface area (TPSA) is 52.8 Å². The highest BCUT2D eigenvalue weighted by molar-refractivity contribution is 7.99. The van der Waals surface area contributed by atoms with Crippen molar-refractivity contribution in [2.45, 2.75) is 92.9 Å². The summed E-state index contributed by atoms with van der Waals surface area (Å²) in [7, 11) is 5.73. The largest absolute Gasteiger partial charge is 0.496 e. The number of ether oxygens (including phenoxy) is 1. The van der Waals surface area contributed by atoms with Gasteiger partial charge in [0.25, 0.3) is 0 Å². The van der Waals surface area contributed by atoms with Crippen LogP contribution in [0.1, 0.15) is 78.0 Å². The molecule has 44 heavy (non-hydrogen) atoms. The fraction of sp³-hybridized carbons (Fsp3) is 0.595. The molecule has 7 heteroatoms. The van der Waals surface area contributed by atoms with Crippen molar-refractivity contribution in [2.24, 2.45) is 15.0 Å². The van der Waals surface area contributed by atoms with Crippen LogP contribution >= 0.6 is 11.8 Å². The highest BCUT2D eigenvalue weighted by Crippen LogP contribution is 2.24. The van der Waals surface area contributed by atoms with Gasteiger partial charge in [-0.3, -0.25) is 19.8 Å². The first kappa shape index (κ1) is 43.6. The standard InChI is InChI=1S/C22H37N5S.C11H16O.2C2H6/c1-8-21(19(4)28-7)25-22(23-5)17-26(6)20-11-14-27(15-12-20)16-18(3)10-13-24-9-2;1-5-10-6-8(2)11(12-4)9(3)7-10;2*1-2/h8-10,13,19-20H,1-2,11-12,14-17H2,3-7H3;6-7H,5H2,1-4H3;2*1-2H3/b18-10+,23-22?,24-13?,25-21?;;;. The molecule has 0 saturated carbocycles. The molecule has 1 fully saturated rings. The highest BCUT2D eigenvalue weighted by atomic mass is 32.2. The van der Waals surface area contributed by atoms with Gasteiger partial charge in [0, 0.05) is 37.3 Å². The molecule has 1 atom stereocenters. The monoisotopic (exact) mass is 627 g/mol. The molecule has 0 radical (unpaired) electrons. The van der Waals surface area contributed by atoms with Crippen molar-refractivity contribution in [3.8, 4) is 5.75 Å². The van der Waals surface area contributed by atoms with Crippen molar-refractivity contribution in [3.05, 3.63) is 65.9 Å². The van der Waals surface area contributed by atoms with Crippen LogP contribution in [0.5, 0.6) is 5.75 Å². The van der Waals surface area contributed by atoms with Gasteiger partial charge in [-0.15, -0.1) is 0 Å². The Bertz CT molecular complexity index is 1030. The number of nitrogens with zero attached hydrogens (tertiary/aromatic N) is 5. The van der Waals surface area contributed by atoms with Crippen LogP contribution in [0.2, 0.25) is 0 Å².